The normalized spacial score (nSPS) is 10.4. The number of benzene rings is 2. The Labute approximate surface area is 127 Å². The van der Waals surface area contributed by atoms with Crippen LogP contribution < -0.4 is 5.32 Å². The summed E-state index contributed by atoms with van der Waals surface area (Å²) in [6, 6.07) is 13.4. The lowest BCUT2D eigenvalue weighted by molar-refractivity contribution is 0.0950. The molecule has 5 heteroatoms. The zero-order valence-electron chi connectivity index (χ0n) is 11.7. The molecule has 0 spiro atoms. The molecule has 22 heavy (non-hydrogen) atoms. The lowest BCUT2D eigenvalue weighted by Gasteiger charge is -2.06. The lowest BCUT2D eigenvalue weighted by Crippen LogP contribution is -2.23. The Hall–Kier alpha value is -2.95. The van der Waals surface area contributed by atoms with Crippen molar-refractivity contribution in [3.8, 4) is 11.1 Å². The Morgan fingerprint density at radius 3 is 2.68 bits per heavy atom. The van der Waals surface area contributed by atoms with Crippen LogP contribution in [0.3, 0.4) is 0 Å². The van der Waals surface area contributed by atoms with Gasteiger partial charge in [-0.15, -0.1) is 0 Å². The van der Waals surface area contributed by atoms with Crippen LogP contribution in [-0.2, 0) is 6.54 Å². The number of hydrogen-bond acceptors (Lipinski definition) is 2. The Morgan fingerprint density at radius 2 is 1.95 bits per heavy atom. The molecule has 0 aliphatic heterocycles. The number of hydrogen-bond donors (Lipinski definition) is 2. The third kappa shape index (κ3) is 3.20. The van der Waals surface area contributed by atoms with Crippen LogP contribution in [0.15, 0.2) is 60.9 Å². The highest BCUT2D eigenvalue weighted by molar-refractivity contribution is 5.95. The van der Waals surface area contributed by atoms with E-state index in [0.29, 0.717) is 17.9 Å². The molecule has 0 aliphatic carbocycles. The van der Waals surface area contributed by atoms with Gasteiger partial charge in [0, 0.05) is 18.0 Å². The van der Waals surface area contributed by atoms with E-state index in [2.05, 4.69) is 15.3 Å². The van der Waals surface area contributed by atoms with E-state index in [1.54, 1.807) is 42.7 Å². The standard InChI is InChI=1S/C17H14FN3O/c18-15-6-4-12(5-7-15)13-2-1-3-14(10-13)17(22)21-11-16-19-8-9-20-16/h1-10H,11H2,(H,19,20)(H,21,22). The van der Waals surface area contributed by atoms with Gasteiger partial charge in [-0.3, -0.25) is 4.79 Å². The summed E-state index contributed by atoms with van der Waals surface area (Å²) >= 11 is 0. The van der Waals surface area contributed by atoms with Crippen molar-refractivity contribution < 1.29 is 9.18 Å². The summed E-state index contributed by atoms with van der Waals surface area (Å²) in [5, 5.41) is 2.80. The molecule has 0 atom stereocenters. The van der Waals surface area contributed by atoms with Crippen LogP contribution in [0.25, 0.3) is 11.1 Å². The molecule has 3 aromatic rings. The van der Waals surface area contributed by atoms with E-state index in [-0.39, 0.29) is 11.7 Å². The molecule has 0 radical (unpaired) electrons. The van der Waals surface area contributed by atoms with Gasteiger partial charge in [0.25, 0.3) is 5.91 Å². The molecule has 2 N–H and O–H groups in total. The summed E-state index contributed by atoms with van der Waals surface area (Å²) < 4.78 is 13.0. The second-order valence-corrected chi connectivity index (χ2v) is 4.81. The van der Waals surface area contributed by atoms with Crippen LogP contribution in [0.5, 0.6) is 0 Å². The highest BCUT2D eigenvalue weighted by Crippen LogP contribution is 2.20. The predicted molar refractivity (Wildman–Crippen MR) is 81.6 cm³/mol. The van der Waals surface area contributed by atoms with E-state index in [1.807, 2.05) is 6.07 Å². The fraction of sp³-hybridized carbons (Fsp3) is 0.0588. The number of imidazole rings is 1. The molecule has 0 aliphatic rings. The van der Waals surface area contributed by atoms with Gasteiger partial charge in [-0.05, 0) is 35.4 Å². The number of carbonyl (C=O) groups excluding carboxylic acids is 1. The molecular formula is C17H14FN3O. The molecule has 2 aromatic carbocycles. The summed E-state index contributed by atoms with van der Waals surface area (Å²) in [4.78, 5) is 19.1. The van der Waals surface area contributed by atoms with Gasteiger partial charge in [-0.1, -0.05) is 24.3 Å². The Morgan fingerprint density at radius 1 is 1.14 bits per heavy atom. The molecule has 1 heterocycles. The SMILES string of the molecule is O=C(NCc1ncc[nH]1)c1cccc(-c2ccc(F)cc2)c1. The van der Waals surface area contributed by atoms with E-state index in [9.17, 15) is 9.18 Å². The third-order valence-corrected chi connectivity index (χ3v) is 3.27. The monoisotopic (exact) mass is 295 g/mol. The van der Waals surface area contributed by atoms with Crippen molar-refractivity contribution in [2.75, 3.05) is 0 Å². The largest absolute Gasteiger partial charge is 0.347 e. The maximum absolute atomic E-state index is 13.0. The van der Waals surface area contributed by atoms with Crippen molar-refractivity contribution in [3.05, 3.63) is 78.1 Å². The quantitative estimate of drug-likeness (QED) is 0.777. The Balaban J connectivity index is 1.75. The minimum Gasteiger partial charge on any atom is -0.347 e. The average molecular weight is 295 g/mol. The third-order valence-electron chi connectivity index (χ3n) is 3.27. The molecule has 3 rings (SSSR count). The minimum atomic E-state index is -0.281. The Bertz CT molecular complexity index is 767. The molecule has 0 bridgehead atoms. The fourth-order valence-electron chi connectivity index (χ4n) is 2.14. The van der Waals surface area contributed by atoms with E-state index >= 15 is 0 Å². The molecule has 1 aromatic heterocycles. The zero-order valence-corrected chi connectivity index (χ0v) is 11.7. The van der Waals surface area contributed by atoms with Gasteiger partial charge in [-0.2, -0.15) is 0 Å². The van der Waals surface area contributed by atoms with Crippen molar-refractivity contribution in [2.24, 2.45) is 0 Å². The summed E-state index contributed by atoms with van der Waals surface area (Å²) in [6.07, 6.45) is 3.34. The van der Waals surface area contributed by atoms with Gasteiger partial charge in [-0.25, -0.2) is 9.37 Å². The molecule has 0 saturated carbocycles. The second-order valence-electron chi connectivity index (χ2n) is 4.81. The number of carbonyl (C=O) groups is 1. The van der Waals surface area contributed by atoms with Crippen molar-refractivity contribution in [2.45, 2.75) is 6.54 Å². The molecule has 4 nitrogen and oxygen atoms in total. The highest BCUT2D eigenvalue weighted by Gasteiger charge is 2.07. The molecule has 110 valence electrons. The first-order valence-corrected chi connectivity index (χ1v) is 6.85. The summed E-state index contributed by atoms with van der Waals surface area (Å²) in [5.74, 6) is 0.236. The van der Waals surface area contributed by atoms with Gasteiger partial charge >= 0.3 is 0 Å². The fourth-order valence-corrected chi connectivity index (χ4v) is 2.14. The number of nitrogens with zero attached hydrogens (tertiary/aromatic N) is 1. The molecule has 0 unspecified atom stereocenters. The van der Waals surface area contributed by atoms with E-state index in [1.165, 1.54) is 12.1 Å². The van der Waals surface area contributed by atoms with Crippen molar-refractivity contribution in [1.82, 2.24) is 15.3 Å². The van der Waals surface area contributed by atoms with E-state index in [4.69, 9.17) is 0 Å². The van der Waals surface area contributed by atoms with Crippen LogP contribution >= 0.6 is 0 Å². The number of H-pyrrole nitrogens is 1. The first kappa shape index (κ1) is 14.0. The van der Waals surface area contributed by atoms with Crippen molar-refractivity contribution in [3.63, 3.8) is 0 Å². The van der Waals surface area contributed by atoms with Crippen LogP contribution in [0, 0.1) is 5.82 Å². The number of rotatable bonds is 4. The molecule has 0 saturated heterocycles. The van der Waals surface area contributed by atoms with Gasteiger partial charge < -0.3 is 10.3 Å². The van der Waals surface area contributed by atoms with Crippen LogP contribution in [0.2, 0.25) is 0 Å². The average Bonchev–Trinajstić information content (AvgIpc) is 3.07. The summed E-state index contributed by atoms with van der Waals surface area (Å²) in [7, 11) is 0. The van der Waals surface area contributed by atoms with Gasteiger partial charge in [0.1, 0.15) is 11.6 Å². The van der Waals surface area contributed by atoms with Crippen LogP contribution in [0.1, 0.15) is 16.2 Å². The van der Waals surface area contributed by atoms with Gasteiger partial charge in [0.05, 0.1) is 6.54 Å². The number of aromatic nitrogens is 2. The molecular weight excluding hydrogens is 281 g/mol. The Kier molecular flexibility index (Phi) is 3.96. The highest BCUT2D eigenvalue weighted by atomic mass is 19.1. The first-order chi connectivity index (χ1) is 10.7. The van der Waals surface area contributed by atoms with Crippen LogP contribution in [0.4, 0.5) is 4.39 Å². The van der Waals surface area contributed by atoms with E-state index in [0.717, 1.165) is 11.1 Å². The maximum Gasteiger partial charge on any atom is 0.251 e. The van der Waals surface area contributed by atoms with E-state index < -0.39 is 0 Å². The number of nitrogens with one attached hydrogen (secondary N) is 2. The summed E-state index contributed by atoms with van der Waals surface area (Å²) in [6.45, 7) is 0.340. The number of amides is 1. The van der Waals surface area contributed by atoms with Gasteiger partial charge in [0.15, 0.2) is 0 Å². The minimum absolute atomic E-state index is 0.180. The van der Waals surface area contributed by atoms with Crippen molar-refractivity contribution >= 4 is 5.91 Å². The maximum atomic E-state index is 13.0. The number of halogens is 1. The predicted octanol–water partition coefficient (Wildman–Crippen LogP) is 3.15. The first-order valence-electron chi connectivity index (χ1n) is 6.85. The lowest BCUT2D eigenvalue weighted by atomic mass is 10.0. The molecule has 0 fully saturated rings. The smallest absolute Gasteiger partial charge is 0.251 e. The van der Waals surface area contributed by atoms with Crippen molar-refractivity contribution in [1.29, 1.82) is 0 Å². The number of aromatic amines is 1. The summed E-state index contributed by atoms with van der Waals surface area (Å²) in [5.41, 5.74) is 2.28. The molecule has 1 amide bonds. The second kappa shape index (κ2) is 6.22. The van der Waals surface area contributed by atoms with Gasteiger partial charge in [0.2, 0.25) is 0 Å². The topological polar surface area (TPSA) is 57.8 Å². The van der Waals surface area contributed by atoms with Crippen LogP contribution in [-0.4, -0.2) is 15.9 Å². The zero-order chi connectivity index (χ0) is 15.4.